The van der Waals surface area contributed by atoms with Crippen molar-refractivity contribution >= 4 is 35.0 Å². The van der Waals surface area contributed by atoms with Gasteiger partial charge in [0.15, 0.2) is 0 Å². The number of amides is 2. The zero-order valence-electron chi connectivity index (χ0n) is 15.3. The van der Waals surface area contributed by atoms with Crippen molar-refractivity contribution in [2.75, 3.05) is 26.2 Å². The zero-order valence-corrected chi connectivity index (χ0v) is 16.8. The van der Waals surface area contributed by atoms with E-state index in [1.807, 2.05) is 0 Å². The Kier molecular flexibility index (Phi) is 6.05. The summed E-state index contributed by atoms with van der Waals surface area (Å²) >= 11 is 11.9. The molecule has 0 spiro atoms. The molecule has 0 radical (unpaired) electrons. The van der Waals surface area contributed by atoms with Gasteiger partial charge in [0.2, 0.25) is 0 Å². The number of alkyl halides is 3. The normalized spacial score (nSPS) is 14.8. The van der Waals surface area contributed by atoms with Crippen molar-refractivity contribution < 1.29 is 22.8 Å². The highest BCUT2D eigenvalue weighted by atomic mass is 35.5. The molecule has 2 aromatic rings. The number of halogens is 5. The molecule has 1 aromatic heterocycles. The Balaban J connectivity index is 1.67. The lowest BCUT2D eigenvalue weighted by Gasteiger charge is -2.35. The number of hydrogen-bond donors (Lipinski definition) is 0. The summed E-state index contributed by atoms with van der Waals surface area (Å²) in [6, 6.07) is 6.49. The van der Waals surface area contributed by atoms with Crippen LogP contribution in [0.3, 0.4) is 0 Å². The van der Waals surface area contributed by atoms with Gasteiger partial charge in [-0.3, -0.25) is 9.59 Å². The standard InChI is InChI=1S/C19H16Cl2F3N3O2/c1-11-15(2-3-16(25-11)19(22,23)24)18(29)27-6-4-26(5-7-27)17(28)12-8-13(20)10-14(21)9-12/h2-3,8-10H,4-7H2,1H3. The molecule has 1 aliphatic rings. The van der Waals surface area contributed by atoms with E-state index in [-0.39, 0.29) is 43.3 Å². The number of pyridine rings is 1. The van der Waals surface area contributed by atoms with Crippen LogP contribution < -0.4 is 0 Å². The lowest BCUT2D eigenvalue weighted by Crippen LogP contribution is -2.50. The van der Waals surface area contributed by atoms with Crippen LogP contribution in [0.15, 0.2) is 30.3 Å². The summed E-state index contributed by atoms with van der Waals surface area (Å²) in [6.45, 7) is 2.42. The van der Waals surface area contributed by atoms with E-state index < -0.39 is 17.8 Å². The highest BCUT2D eigenvalue weighted by Crippen LogP contribution is 2.28. The van der Waals surface area contributed by atoms with Crippen LogP contribution in [0.2, 0.25) is 10.0 Å². The van der Waals surface area contributed by atoms with Gasteiger partial charge >= 0.3 is 6.18 Å². The summed E-state index contributed by atoms with van der Waals surface area (Å²) in [5, 5.41) is 0.694. The minimum absolute atomic E-state index is 0.0110. The van der Waals surface area contributed by atoms with Gasteiger partial charge in [0.25, 0.3) is 11.8 Å². The first-order chi connectivity index (χ1) is 13.6. The molecular formula is C19H16Cl2F3N3O2. The molecule has 2 heterocycles. The van der Waals surface area contributed by atoms with E-state index >= 15 is 0 Å². The van der Waals surface area contributed by atoms with Crippen LogP contribution >= 0.6 is 23.2 Å². The number of rotatable bonds is 2. The molecule has 10 heteroatoms. The molecule has 1 aliphatic heterocycles. The molecule has 0 N–H and O–H groups in total. The number of aromatic nitrogens is 1. The molecule has 0 aliphatic carbocycles. The van der Waals surface area contributed by atoms with Crippen LogP contribution in [0.1, 0.15) is 32.1 Å². The number of carbonyl (C=O) groups is 2. The maximum Gasteiger partial charge on any atom is 0.433 e. The monoisotopic (exact) mass is 445 g/mol. The van der Waals surface area contributed by atoms with Crippen LogP contribution in [0.5, 0.6) is 0 Å². The second-order valence-corrected chi connectivity index (χ2v) is 7.44. The molecule has 0 saturated carbocycles. The molecule has 3 rings (SSSR count). The molecule has 1 saturated heterocycles. The summed E-state index contributed by atoms with van der Waals surface area (Å²) in [4.78, 5) is 31.9. The molecule has 154 valence electrons. The fourth-order valence-corrected chi connectivity index (χ4v) is 3.61. The average molecular weight is 446 g/mol. The van der Waals surface area contributed by atoms with Gasteiger partial charge in [-0.25, -0.2) is 4.98 Å². The van der Waals surface area contributed by atoms with Crippen molar-refractivity contribution in [3.05, 3.63) is 62.9 Å². The number of piperazine rings is 1. The lowest BCUT2D eigenvalue weighted by atomic mass is 10.1. The third-order valence-corrected chi connectivity index (χ3v) is 5.01. The third-order valence-electron chi connectivity index (χ3n) is 4.57. The summed E-state index contributed by atoms with van der Waals surface area (Å²) in [7, 11) is 0. The number of aryl methyl sites for hydroxylation is 1. The Morgan fingerprint density at radius 1 is 0.931 bits per heavy atom. The highest BCUT2D eigenvalue weighted by molar-refractivity contribution is 6.35. The van der Waals surface area contributed by atoms with Gasteiger partial charge in [0.1, 0.15) is 5.69 Å². The van der Waals surface area contributed by atoms with Crippen LogP contribution in [0.4, 0.5) is 13.2 Å². The van der Waals surface area contributed by atoms with E-state index in [4.69, 9.17) is 23.2 Å². The van der Waals surface area contributed by atoms with Gasteiger partial charge in [-0.1, -0.05) is 23.2 Å². The van der Waals surface area contributed by atoms with Crippen LogP contribution in [0, 0.1) is 6.92 Å². The van der Waals surface area contributed by atoms with Crippen LogP contribution in [-0.4, -0.2) is 52.8 Å². The zero-order chi connectivity index (χ0) is 21.3. The second kappa shape index (κ2) is 8.20. The fraction of sp³-hybridized carbons (Fsp3) is 0.316. The van der Waals surface area contributed by atoms with Crippen molar-refractivity contribution in [2.24, 2.45) is 0 Å². The number of carbonyl (C=O) groups excluding carboxylic acids is 2. The molecule has 0 atom stereocenters. The van der Waals surface area contributed by atoms with Gasteiger partial charge in [-0.05, 0) is 37.3 Å². The van der Waals surface area contributed by atoms with Crippen molar-refractivity contribution in [1.82, 2.24) is 14.8 Å². The van der Waals surface area contributed by atoms with Crippen LogP contribution in [0.25, 0.3) is 0 Å². The maximum atomic E-state index is 12.8. The van der Waals surface area contributed by atoms with Crippen molar-refractivity contribution in [3.63, 3.8) is 0 Å². The van der Waals surface area contributed by atoms with Gasteiger partial charge < -0.3 is 9.80 Å². The molecule has 29 heavy (non-hydrogen) atoms. The molecular weight excluding hydrogens is 430 g/mol. The van der Waals surface area contributed by atoms with E-state index in [2.05, 4.69) is 4.98 Å². The number of nitrogens with zero attached hydrogens (tertiary/aromatic N) is 3. The molecule has 0 bridgehead atoms. The summed E-state index contributed by atoms with van der Waals surface area (Å²) < 4.78 is 38.3. The quantitative estimate of drug-likeness (QED) is 0.691. The van der Waals surface area contributed by atoms with Crippen molar-refractivity contribution in [3.8, 4) is 0 Å². The van der Waals surface area contributed by atoms with Crippen LogP contribution in [-0.2, 0) is 6.18 Å². The van der Waals surface area contributed by atoms with E-state index in [0.29, 0.717) is 15.6 Å². The van der Waals surface area contributed by atoms with Crippen molar-refractivity contribution in [2.45, 2.75) is 13.1 Å². The Labute approximate surface area is 175 Å². The van der Waals surface area contributed by atoms with Gasteiger partial charge in [0, 0.05) is 41.8 Å². The number of hydrogen-bond acceptors (Lipinski definition) is 3. The van der Waals surface area contributed by atoms with E-state index in [1.54, 1.807) is 4.90 Å². The SMILES string of the molecule is Cc1nc(C(F)(F)F)ccc1C(=O)N1CCN(C(=O)c2cc(Cl)cc(Cl)c2)CC1. The minimum Gasteiger partial charge on any atom is -0.335 e. The maximum absolute atomic E-state index is 12.8. The topological polar surface area (TPSA) is 53.5 Å². The summed E-state index contributed by atoms with van der Waals surface area (Å²) in [6.07, 6.45) is -4.57. The number of benzene rings is 1. The molecule has 0 unspecified atom stereocenters. The largest absolute Gasteiger partial charge is 0.433 e. The Bertz CT molecular complexity index is 938. The van der Waals surface area contributed by atoms with E-state index in [1.165, 1.54) is 30.0 Å². The van der Waals surface area contributed by atoms with Gasteiger partial charge in [-0.2, -0.15) is 13.2 Å². The third kappa shape index (κ3) is 4.82. The molecule has 1 aromatic carbocycles. The highest BCUT2D eigenvalue weighted by Gasteiger charge is 2.34. The first-order valence-corrected chi connectivity index (χ1v) is 9.41. The predicted octanol–water partition coefficient (Wildman–Crippen LogP) is 4.31. The smallest absolute Gasteiger partial charge is 0.335 e. The first-order valence-electron chi connectivity index (χ1n) is 8.66. The predicted molar refractivity (Wildman–Crippen MR) is 102 cm³/mol. The van der Waals surface area contributed by atoms with Gasteiger partial charge in [-0.15, -0.1) is 0 Å². The summed E-state index contributed by atoms with van der Waals surface area (Å²) in [5.41, 5.74) is -0.566. The minimum atomic E-state index is -4.57. The molecule has 2 amide bonds. The Morgan fingerprint density at radius 3 is 1.93 bits per heavy atom. The van der Waals surface area contributed by atoms with E-state index in [0.717, 1.165) is 12.1 Å². The van der Waals surface area contributed by atoms with Gasteiger partial charge in [0.05, 0.1) is 11.3 Å². The molecule has 1 fully saturated rings. The first kappa shape index (κ1) is 21.4. The second-order valence-electron chi connectivity index (χ2n) is 6.57. The Morgan fingerprint density at radius 2 is 1.45 bits per heavy atom. The summed E-state index contributed by atoms with van der Waals surface area (Å²) in [5.74, 6) is -0.671. The fourth-order valence-electron chi connectivity index (χ4n) is 3.09. The Hall–Kier alpha value is -2.32. The van der Waals surface area contributed by atoms with Crippen molar-refractivity contribution in [1.29, 1.82) is 0 Å². The van der Waals surface area contributed by atoms with E-state index in [9.17, 15) is 22.8 Å². The molecule has 5 nitrogen and oxygen atoms in total. The lowest BCUT2D eigenvalue weighted by molar-refractivity contribution is -0.141. The average Bonchev–Trinajstić information content (AvgIpc) is 2.65.